The number of benzene rings is 1. The molecule has 21 heavy (non-hydrogen) atoms. The molecule has 1 aromatic carbocycles. The summed E-state index contributed by atoms with van der Waals surface area (Å²) in [7, 11) is -3.73. The van der Waals surface area contributed by atoms with Crippen molar-refractivity contribution >= 4 is 37.6 Å². The second kappa shape index (κ2) is 6.54. The van der Waals surface area contributed by atoms with Gasteiger partial charge >= 0.3 is 0 Å². The Balaban J connectivity index is 2.11. The van der Waals surface area contributed by atoms with Crippen molar-refractivity contribution in [3.8, 4) is 0 Å². The van der Waals surface area contributed by atoms with Crippen LogP contribution >= 0.6 is 27.5 Å². The molecule has 0 radical (unpaired) electrons. The molecule has 2 rings (SSSR count). The summed E-state index contributed by atoms with van der Waals surface area (Å²) in [6.45, 7) is 2.09. The minimum atomic E-state index is -3.73. The Bertz CT molecular complexity index is 623. The van der Waals surface area contributed by atoms with Crippen LogP contribution in [0, 0.1) is 5.92 Å². The first kappa shape index (κ1) is 17.2. The molecule has 2 atom stereocenters. The van der Waals surface area contributed by atoms with Gasteiger partial charge in [0.25, 0.3) is 0 Å². The first-order valence-electron chi connectivity index (χ1n) is 6.89. The van der Waals surface area contributed by atoms with Crippen molar-refractivity contribution in [3.05, 3.63) is 27.7 Å². The van der Waals surface area contributed by atoms with Crippen LogP contribution in [-0.2, 0) is 10.0 Å². The Hall–Kier alpha value is -0.140. The van der Waals surface area contributed by atoms with Crippen molar-refractivity contribution in [1.82, 2.24) is 4.72 Å². The summed E-state index contributed by atoms with van der Waals surface area (Å²) in [5.41, 5.74) is -0.966. The van der Waals surface area contributed by atoms with Crippen LogP contribution in [0.25, 0.3) is 0 Å². The van der Waals surface area contributed by atoms with E-state index < -0.39 is 15.6 Å². The quantitative estimate of drug-likeness (QED) is 0.820. The molecule has 1 saturated carbocycles. The van der Waals surface area contributed by atoms with Crippen LogP contribution in [0.15, 0.2) is 27.6 Å². The van der Waals surface area contributed by atoms with Gasteiger partial charge in [0.05, 0.1) is 10.6 Å². The molecule has 1 aliphatic rings. The van der Waals surface area contributed by atoms with E-state index >= 15 is 0 Å². The lowest BCUT2D eigenvalue weighted by Crippen LogP contribution is -2.45. The molecule has 1 fully saturated rings. The van der Waals surface area contributed by atoms with E-state index in [1.807, 2.05) is 0 Å². The number of rotatable bonds is 4. The Morgan fingerprint density at radius 3 is 2.86 bits per heavy atom. The zero-order chi connectivity index (χ0) is 15.7. The van der Waals surface area contributed by atoms with Gasteiger partial charge in [-0.2, -0.15) is 0 Å². The van der Waals surface area contributed by atoms with Crippen molar-refractivity contribution < 1.29 is 13.5 Å². The molecular formula is C14H19BrClNO3S. The van der Waals surface area contributed by atoms with Gasteiger partial charge in [-0.05, 0) is 37.0 Å². The molecule has 0 amide bonds. The van der Waals surface area contributed by atoms with Gasteiger partial charge in [0.1, 0.15) is 4.90 Å². The van der Waals surface area contributed by atoms with Crippen LogP contribution in [0.3, 0.4) is 0 Å². The summed E-state index contributed by atoms with van der Waals surface area (Å²) in [5.74, 6) is 0.407. The molecule has 1 aliphatic carbocycles. The molecule has 0 aliphatic heterocycles. The molecule has 0 aromatic heterocycles. The fraction of sp³-hybridized carbons (Fsp3) is 0.571. The van der Waals surface area contributed by atoms with Crippen molar-refractivity contribution in [2.75, 3.05) is 6.54 Å². The SMILES string of the molecule is CC1CCCC(O)(CNS(=O)(=O)c2ccc(Br)cc2Cl)C1. The number of halogens is 2. The Kier molecular flexibility index (Phi) is 5.36. The van der Waals surface area contributed by atoms with E-state index in [1.165, 1.54) is 12.1 Å². The maximum atomic E-state index is 12.3. The van der Waals surface area contributed by atoms with Gasteiger partial charge in [-0.15, -0.1) is 0 Å². The van der Waals surface area contributed by atoms with Crippen molar-refractivity contribution in [2.45, 2.75) is 43.1 Å². The van der Waals surface area contributed by atoms with Gasteiger partial charge in [0.15, 0.2) is 0 Å². The van der Waals surface area contributed by atoms with E-state index in [0.29, 0.717) is 23.2 Å². The molecule has 7 heteroatoms. The average molecular weight is 397 g/mol. The second-order valence-corrected chi connectivity index (χ2v) is 8.88. The minimum Gasteiger partial charge on any atom is -0.389 e. The third-order valence-corrected chi connectivity index (χ3v) is 6.22. The highest BCUT2D eigenvalue weighted by atomic mass is 79.9. The molecule has 0 heterocycles. The predicted molar refractivity (Wildman–Crippen MR) is 86.9 cm³/mol. The Labute approximate surface area is 139 Å². The number of hydrogen-bond donors (Lipinski definition) is 2. The van der Waals surface area contributed by atoms with Crippen LogP contribution in [0.5, 0.6) is 0 Å². The average Bonchev–Trinajstić information content (AvgIpc) is 2.36. The van der Waals surface area contributed by atoms with E-state index in [4.69, 9.17) is 11.6 Å². The molecular weight excluding hydrogens is 378 g/mol. The van der Waals surface area contributed by atoms with Gasteiger partial charge in [-0.25, -0.2) is 13.1 Å². The molecule has 1 aromatic rings. The highest BCUT2D eigenvalue weighted by molar-refractivity contribution is 9.10. The summed E-state index contributed by atoms with van der Waals surface area (Å²) >= 11 is 9.22. The number of aliphatic hydroxyl groups is 1. The van der Waals surface area contributed by atoms with Gasteiger partial charge in [-0.3, -0.25) is 0 Å². The van der Waals surface area contributed by atoms with Crippen LogP contribution in [0.4, 0.5) is 0 Å². The molecule has 118 valence electrons. The van der Waals surface area contributed by atoms with Gasteiger partial charge < -0.3 is 5.11 Å². The molecule has 0 spiro atoms. The zero-order valence-electron chi connectivity index (χ0n) is 11.8. The molecule has 0 bridgehead atoms. The lowest BCUT2D eigenvalue weighted by atomic mass is 9.79. The largest absolute Gasteiger partial charge is 0.389 e. The Morgan fingerprint density at radius 1 is 1.52 bits per heavy atom. The summed E-state index contributed by atoms with van der Waals surface area (Å²) in [5, 5.41) is 10.7. The fourth-order valence-electron chi connectivity index (χ4n) is 2.79. The third kappa shape index (κ3) is 4.42. The van der Waals surface area contributed by atoms with Crippen molar-refractivity contribution in [2.24, 2.45) is 5.92 Å². The van der Waals surface area contributed by atoms with Crippen molar-refractivity contribution in [3.63, 3.8) is 0 Å². The molecule has 0 saturated heterocycles. The monoisotopic (exact) mass is 395 g/mol. The zero-order valence-corrected chi connectivity index (χ0v) is 14.9. The van der Waals surface area contributed by atoms with Gasteiger partial charge in [0.2, 0.25) is 10.0 Å². The highest BCUT2D eigenvalue weighted by Gasteiger charge is 2.34. The number of sulfonamides is 1. The number of hydrogen-bond acceptors (Lipinski definition) is 3. The standard InChI is InChI=1S/C14H19BrClNO3S/c1-10-3-2-6-14(18,8-10)9-17-21(19,20)13-5-4-11(15)7-12(13)16/h4-5,7,10,17-18H,2-3,6,8-9H2,1H3. The van der Waals surface area contributed by atoms with E-state index in [0.717, 1.165) is 12.8 Å². The van der Waals surface area contributed by atoms with Crippen LogP contribution in [0.1, 0.15) is 32.6 Å². The van der Waals surface area contributed by atoms with Crippen LogP contribution in [-0.4, -0.2) is 25.7 Å². The number of nitrogens with one attached hydrogen (secondary N) is 1. The van der Waals surface area contributed by atoms with Gasteiger partial charge in [-0.1, -0.05) is 47.3 Å². The first-order chi connectivity index (χ1) is 9.72. The summed E-state index contributed by atoms with van der Waals surface area (Å²) < 4.78 is 27.8. The highest BCUT2D eigenvalue weighted by Crippen LogP contribution is 2.32. The molecule has 4 nitrogen and oxygen atoms in total. The van der Waals surface area contributed by atoms with Crippen LogP contribution < -0.4 is 4.72 Å². The van der Waals surface area contributed by atoms with E-state index in [1.54, 1.807) is 6.07 Å². The van der Waals surface area contributed by atoms with E-state index in [-0.39, 0.29) is 16.5 Å². The van der Waals surface area contributed by atoms with Crippen molar-refractivity contribution in [1.29, 1.82) is 0 Å². The maximum absolute atomic E-state index is 12.3. The maximum Gasteiger partial charge on any atom is 0.242 e. The summed E-state index contributed by atoms with van der Waals surface area (Å²) in [4.78, 5) is 0.0276. The lowest BCUT2D eigenvalue weighted by molar-refractivity contribution is -0.00751. The first-order valence-corrected chi connectivity index (χ1v) is 9.54. The topological polar surface area (TPSA) is 66.4 Å². The Morgan fingerprint density at radius 2 is 2.24 bits per heavy atom. The lowest BCUT2D eigenvalue weighted by Gasteiger charge is -2.35. The smallest absolute Gasteiger partial charge is 0.242 e. The summed E-state index contributed by atoms with van der Waals surface area (Å²) in [6.07, 6.45) is 3.23. The van der Waals surface area contributed by atoms with E-state index in [9.17, 15) is 13.5 Å². The third-order valence-electron chi connectivity index (χ3n) is 3.84. The predicted octanol–water partition coefficient (Wildman–Crippen LogP) is 3.32. The fourth-order valence-corrected chi connectivity index (χ4v) is 4.95. The normalized spacial score (nSPS) is 26.8. The van der Waals surface area contributed by atoms with Gasteiger partial charge in [0, 0.05) is 11.0 Å². The van der Waals surface area contributed by atoms with E-state index in [2.05, 4.69) is 27.6 Å². The van der Waals surface area contributed by atoms with Crippen LogP contribution in [0.2, 0.25) is 5.02 Å². The second-order valence-electron chi connectivity index (χ2n) is 5.83. The molecule has 2 N–H and O–H groups in total. The minimum absolute atomic E-state index is 0.0199. The molecule has 2 unspecified atom stereocenters. The summed E-state index contributed by atoms with van der Waals surface area (Å²) in [6, 6.07) is 4.60.